The van der Waals surface area contributed by atoms with Crippen molar-refractivity contribution in [1.29, 1.82) is 0 Å². The Bertz CT molecular complexity index is 1060. The van der Waals surface area contributed by atoms with Crippen molar-refractivity contribution < 1.29 is 9.59 Å². The molecule has 0 spiro atoms. The fraction of sp³-hybridized carbons (Fsp3) is 0.273. The summed E-state index contributed by atoms with van der Waals surface area (Å²) in [4.78, 5) is 36.1. The quantitative estimate of drug-likeness (QED) is 0.657. The van der Waals surface area contributed by atoms with Gasteiger partial charge >= 0.3 is 0 Å². The Labute approximate surface area is 179 Å². The second-order valence-electron chi connectivity index (χ2n) is 7.28. The molecule has 0 bridgehead atoms. The molecule has 4 rings (SSSR count). The Morgan fingerprint density at radius 3 is 2.57 bits per heavy atom. The molecule has 8 heteroatoms. The van der Waals surface area contributed by atoms with E-state index in [2.05, 4.69) is 20.2 Å². The smallest absolute Gasteiger partial charge is 0.267 e. The maximum atomic E-state index is 13.0. The van der Waals surface area contributed by atoms with E-state index in [0.717, 1.165) is 48.0 Å². The van der Waals surface area contributed by atoms with E-state index in [1.54, 1.807) is 6.20 Å². The van der Waals surface area contributed by atoms with Gasteiger partial charge in [0, 0.05) is 25.2 Å². The molecule has 0 aliphatic carbocycles. The number of anilines is 2. The Morgan fingerprint density at radius 2 is 1.87 bits per heavy atom. The molecule has 0 atom stereocenters. The number of carbonyl (C=O) groups excluding carboxylic acids is 2. The van der Waals surface area contributed by atoms with Gasteiger partial charge in [0.25, 0.3) is 5.91 Å². The second-order valence-corrected chi connectivity index (χ2v) is 8.28. The summed E-state index contributed by atoms with van der Waals surface area (Å²) in [6.45, 7) is 3.28. The second kappa shape index (κ2) is 8.62. The molecule has 2 aromatic heterocycles. The van der Waals surface area contributed by atoms with Crippen molar-refractivity contribution >= 4 is 34.5 Å². The number of nitrogens with one attached hydrogen (secondary N) is 1. The third kappa shape index (κ3) is 4.18. The van der Waals surface area contributed by atoms with E-state index >= 15 is 0 Å². The van der Waals surface area contributed by atoms with Crippen molar-refractivity contribution in [3.05, 3.63) is 59.2 Å². The molecule has 3 aromatic rings. The minimum Gasteiger partial charge on any atom is -0.370 e. The maximum absolute atomic E-state index is 13.0. The van der Waals surface area contributed by atoms with Gasteiger partial charge in [0.15, 0.2) is 0 Å². The molecular formula is C22H23N5O2S. The zero-order valence-corrected chi connectivity index (χ0v) is 17.5. The molecule has 30 heavy (non-hydrogen) atoms. The number of pyridine rings is 1. The van der Waals surface area contributed by atoms with Crippen molar-refractivity contribution in [2.45, 2.75) is 19.8 Å². The van der Waals surface area contributed by atoms with E-state index in [9.17, 15) is 9.59 Å². The summed E-state index contributed by atoms with van der Waals surface area (Å²) in [5, 5.41) is 3.76. The van der Waals surface area contributed by atoms with Crippen molar-refractivity contribution in [3.63, 3.8) is 0 Å². The highest BCUT2D eigenvalue weighted by Gasteiger charge is 2.25. The molecule has 0 saturated carbocycles. The fourth-order valence-electron chi connectivity index (χ4n) is 3.65. The van der Waals surface area contributed by atoms with Gasteiger partial charge in [-0.15, -0.1) is 11.3 Å². The molecule has 1 fully saturated rings. The van der Waals surface area contributed by atoms with Crippen LogP contribution in [-0.4, -0.2) is 34.9 Å². The van der Waals surface area contributed by atoms with Crippen LogP contribution in [0.15, 0.2) is 48.7 Å². The Morgan fingerprint density at radius 1 is 1.13 bits per heavy atom. The minimum absolute atomic E-state index is 0.0761. The van der Waals surface area contributed by atoms with E-state index in [1.165, 1.54) is 11.3 Å². The van der Waals surface area contributed by atoms with Crippen LogP contribution in [0.2, 0.25) is 0 Å². The molecule has 3 heterocycles. The van der Waals surface area contributed by atoms with Crippen LogP contribution in [0.5, 0.6) is 0 Å². The summed E-state index contributed by atoms with van der Waals surface area (Å²) in [6, 6.07) is 13.3. The van der Waals surface area contributed by atoms with Gasteiger partial charge in [0.05, 0.1) is 22.8 Å². The van der Waals surface area contributed by atoms with E-state index < -0.39 is 0 Å². The molecule has 3 N–H and O–H groups in total. The summed E-state index contributed by atoms with van der Waals surface area (Å²) in [5.74, 6) is -0.500. The average molecular weight is 422 g/mol. The predicted molar refractivity (Wildman–Crippen MR) is 119 cm³/mol. The largest absolute Gasteiger partial charge is 0.370 e. The molecule has 1 aliphatic rings. The number of rotatable bonds is 5. The monoisotopic (exact) mass is 421 g/mol. The molecule has 7 nitrogen and oxygen atoms in total. The molecule has 154 valence electrons. The van der Waals surface area contributed by atoms with Crippen LogP contribution >= 0.6 is 11.3 Å². The van der Waals surface area contributed by atoms with Gasteiger partial charge in [-0.25, -0.2) is 4.98 Å². The molecule has 1 saturated heterocycles. The molecular weight excluding hydrogens is 398 g/mol. The molecule has 1 aromatic carbocycles. The standard InChI is InChI=1S/C22H23N5O2S/c1-14-19(30-22(25-14)17-7-4-5-11-24-17)21(29)26-16-6-2-3-8-18(16)27-12-9-15(10-13-27)20(23)28/h2-8,11,15H,9-10,12-13H2,1H3,(H2,23,28)(H,26,29). The number of nitrogens with two attached hydrogens (primary N) is 1. The highest BCUT2D eigenvalue weighted by atomic mass is 32.1. The zero-order chi connectivity index (χ0) is 21.1. The molecule has 0 radical (unpaired) electrons. The van der Waals surface area contributed by atoms with Gasteiger partial charge < -0.3 is 16.0 Å². The maximum Gasteiger partial charge on any atom is 0.267 e. The van der Waals surface area contributed by atoms with Crippen LogP contribution in [0.25, 0.3) is 10.7 Å². The van der Waals surface area contributed by atoms with Crippen LogP contribution in [0.4, 0.5) is 11.4 Å². The van der Waals surface area contributed by atoms with Gasteiger partial charge in [0.1, 0.15) is 9.88 Å². The highest BCUT2D eigenvalue weighted by Crippen LogP contribution is 2.32. The van der Waals surface area contributed by atoms with Crippen LogP contribution in [0.3, 0.4) is 0 Å². The van der Waals surface area contributed by atoms with Gasteiger partial charge in [-0.1, -0.05) is 18.2 Å². The number of aryl methyl sites for hydroxylation is 1. The number of carbonyl (C=O) groups is 2. The first kappa shape index (κ1) is 20.0. The number of piperidine rings is 1. The van der Waals surface area contributed by atoms with Crippen LogP contribution < -0.4 is 16.0 Å². The molecule has 1 aliphatic heterocycles. The number of para-hydroxylation sites is 2. The van der Waals surface area contributed by atoms with Crippen molar-refractivity contribution in [2.75, 3.05) is 23.3 Å². The number of hydrogen-bond acceptors (Lipinski definition) is 6. The lowest BCUT2D eigenvalue weighted by atomic mass is 9.96. The topological polar surface area (TPSA) is 101 Å². The van der Waals surface area contributed by atoms with Crippen molar-refractivity contribution in [1.82, 2.24) is 9.97 Å². The number of nitrogens with zero attached hydrogens (tertiary/aromatic N) is 3. The predicted octanol–water partition coefficient (Wildman–Crippen LogP) is 3.47. The molecule has 0 unspecified atom stereocenters. The van der Waals surface area contributed by atoms with Crippen molar-refractivity contribution in [3.8, 4) is 10.7 Å². The number of benzene rings is 1. The van der Waals surface area contributed by atoms with E-state index in [4.69, 9.17) is 5.73 Å². The average Bonchev–Trinajstić information content (AvgIpc) is 3.17. The summed E-state index contributed by atoms with van der Waals surface area (Å²) in [6.07, 6.45) is 3.15. The minimum atomic E-state index is -0.236. The van der Waals surface area contributed by atoms with E-state index in [1.807, 2.05) is 49.4 Å². The van der Waals surface area contributed by atoms with Crippen LogP contribution in [-0.2, 0) is 4.79 Å². The first-order valence-electron chi connectivity index (χ1n) is 9.86. The number of hydrogen-bond donors (Lipinski definition) is 2. The molecule has 2 amide bonds. The summed E-state index contributed by atoms with van der Waals surface area (Å²) in [5.41, 5.74) is 8.56. The number of thiazole rings is 1. The highest BCUT2D eigenvalue weighted by molar-refractivity contribution is 7.17. The van der Waals surface area contributed by atoms with E-state index in [0.29, 0.717) is 10.6 Å². The lowest BCUT2D eigenvalue weighted by Crippen LogP contribution is -2.38. The van der Waals surface area contributed by atoms with Gasteiger partial charge in [-0.2, -0.15) is 0 Å². The number of aromatic nitrogens is 2. The van der Waals surface area contributed by atoms with Crippen molar-refractivity contribution in [2.24, 2.45) is 11.7 Å². The summed E-state index contributed by atoms with van der Waals surface area (Å²) < 4.78 is 0. The Kier molecular flexibility index (Phi) is 5.76. The Hall–Kier alpha value is -3.26. The Balaban J connectivity index is 1.52. The van der Waals surface area contributed by atoms with Gasteiger partial charge in [0.2, 0.25) is 5.91 Å². The first-order chi connectivity index (χ1) is 14.5. The third-order valence-electron chi connectivity index (χ3n) is 5.28. The van der Waals surface area contributed by atoms with Gasteiger partial charge in [-0.3, -0.25) is 14.6 Å². The fourth-order valence-corrected chi connectivity index (χ4v) is 4.58. The normalized spacial score (nSPS) is 14.5. The SMILES string of the molecule is Cc1nc(-c2ccccn2)sc1C(=O)Nc1ccccc1N1CCC(C(N)=O)CC1. The summed E-state index contributed by atoms with van der Waals surface area (Å²) >= 11 is 1.33. The van der Waals surface area contributed by atoms with Gasteiger partial charge in [-0.05, 0) is 44.0 Å². The number of amides is 2. The lowest BCUT2D eigenvalue weighted by Gasteiger charge is -2.33. The van der Waals surface area contributed by atoms with E-state index in [-0.39, 0.29) is 17.7 Å². The number of primary amides is 1. The van der Waals surface area contributed by atoms with Crippen LogP contribution in [0, 0.1) is 12.8 Å². The third-order valence-corrected chi connectivity index (χ3v) is 6.46. The zero-order valence-electron chi connectivity index (χ0n) is 16.7. The lowest BCUT2D eigenvalue weighted by molar-refractivity contribution is -0.122. The summed E-state index contributed by atoms with van der Waals surface area (Å²) in [7, 11) is 0. The van der Waals surface area contributed by atoms with Crippen LogP contribution in [0.1, 0.15) is 28.2 Å². The first-order valence-corrected chi connectivity index (χ1v) is 10.7.